The van der Waals surface area contributed by atoms with Crippen molar-refractivity contribution in [3.63, 3.8) is 0 Å². The smallest absolute Gasteiger partial charge is 0.545 e. The number of phenols is 1. The number of rotatable bonds is 13. The quantitative estimate of drug-likeness (QED) is 0.288. The number of ketones is 1. The molecule has 9 atom stereocenters. The van der Waals surface area contributed by atoms with E-state index in [-0.39, 0.29) is 76.6 Å². The van der Waals surface area contributed by atoms with Crippen molar-refractivity contribution in [2.24, 2.45) is 23.7 Å². The van der Waals surface area contributed by atoms with Gasteiger partial charge in [-0.3, -0.25) is 4.79 Å². The van der Waals surface area contributed by atoms with Crippen molar-refractivity contribution in [2.75, 3.05) is 6.61 Å². The predicted molar refractivity (Wildman–Crippen MR) is 155 cm³/mol. The van der Waals surface area contributed by atoms with Crippen LogP contribution in [0.25, 0.3) is 0 Å². The number of carbonyl (C=O) groups excluding carboxylic acids is 2. The molecule has 42 heavy (non-hydrogen) atoms. The molecule has 3 N–H and O–H groups in total. The van der Waals surface area contributed by atoms with E-state index in [1.54, 1.807) is 26.0 Å². The third-order valence-corrected chi connectivity index (χ3v) is 10.4. The number of Topliss-reactive ketones (excluding diaryl/α,β-unsaturated/α-hetero) is 1. The molecule has 0 spiro atoms. The van der Waals surface area contributed by atoms with Gasteiger partial charge in [-0.25, -0.2) is 0 Å². The minimum absolute atomic E-state index is 0. The van der Waals surface area contributed by atoms with Crippen LogP contribution in [0.4, 0.5) is 0 Å². The van der Waals surface area contributed by atoms with Crippen LogP contribution in [0, 0.1) is 30.6 Å². The molecule has 0 saturated carbocycles. The summed E-state index contributed by atoms with van der Waals surface area (Å²) in [6, 6.07) is 3.33. The first-order valence-corrected chi connectivity index (χ1v) is 15.5. The molecular formula is C33H51NaO8. The Morgan fingerprint density at radius 1 is 1.17 bits per heavy atom. The van der Waals surface area contributed by atoms with Crippen LogP contribution in [0.2, 0.25) is 0 Å². The van der Waals surface area contributed by atoms with Crippen molar-refractivity contribution in [1.82, 2.24) is 0 Å². The van der Waals surface area contributed by atoms with Gasteiger partial charge in [-0.1, -0.05) is 46.8 Å². The summed E-state index contributed by atoms with van der Waals surface area (Å²) in [5.41, 5.74) is -0.612. The molecule has 0 bridgehead atoms. The van der Waals surface area contributed by atoms with Gasteiger partial charge in [0.05, 0.1) is 42.1 Å². The Morgan fingerprint density at radius 2 is 1.83 bits per heavy atom. The Bertz CT molecular complexity index is 1080. The third kappa shape index (κ3) is 7.61. The van der Waals surface area contributed by atoms with Crippen LogP contribution < -0.4 is 34.7 Å². The molecule has 8 nitrogen and oxygen atoms in total. The predicted octanol–water partition coefficient (Wildman–Crippen LogP) is 1.12. The summed E-state index contributed by atoms with van der Waals surface area (Å²) in [6.07, 6.45) is 3.58. The minimum atomic E-state index is -1.43. The zero-order valence-corrected chi connectivity index (χ0v) is 28.9. The second kappa shape index (κ2) is 15.3. The van der Waals surface area contributed by atoms with Gasteiger partial charge in [0.2, 0.25) is 0 Å². The van der Waals surface area contributed by atoms with E-state index >= 15 is 0 Å². The first-order chi connectivity index (χ1) is 19.2. The largest absolute Gasteiger partial charge is 1.00 e. The number of hydrogen-bond donors (Lipinski definition) is 3. The van der Waals surface area contributed by atoms with Gasteiger partial charge in [0, 0.05) is 17.4 Å². The fraction of sp³-hybridized carbons (Fsp3) is 0.758. The summed E-state index contributed by atoms with van der Waals surface area (Å²) in [5, 5.41) is 43.9. The van der Waals surface area contributed by atoms with Crippen LogP contribution in [-0.2, 0) is 20.7 Å². The van der Waals surface area contributed by atoms with Crippen molar-refractivity contribution in [3.05, 3.63) is 28.8 Å². The Labute approximate surface area is 273 Å². The Balaban J connectivity index is 0.00000616. The maximum atomic E-state index is 13.8. The fourth-order valence-electron chi connectivity index (χ4n) is 7.16. The van der Waals surface area contributed by atoms with Gasteiger partial charge in [-0.2, -0.15) is 0 Å². The van der Waals surface area contributed by atoms with Crippen molar-refractivity contribution in [1.29, 1.82) is 0 Å². The van der Waals surface area contributed by atoms with Gasteiger partial charge >= 0.3 is 29.6 Å². The van der Waals surface area contributed by atoms with Crippen LogP contribution >= 0.6 is 0 Å². The summed E-state index contributed by atoms with van der Waals surface area (Å²) in [6.45, 7) is 13.7. The number of aromatic carboxylic acids is 1. The van der Waals surface area contributed by atoms with Crippen molar-refractivity contribution >= 4 is 11.8 Å². The molecule has 2 aliphatic heterocycles. The average Bonchev–Trinajstić information content (AvgIpc) is 3.39. The molecule has 0 amide bonds. The van der Waals surface area contributed by atoms with Crippen LogP contribution in [0.1, 0.15) is 108 Å². The number of carboxylic acid groups (broad SMARTS) is 1. The van der Waals surface area contributed by atoms with E-state index in [0.717, 1.165) is 6.42 Å². The molecule has 0 aromatic heterocycles. The maximum Gasteiger partial charge on any atom is 1.00 e. The third-order valence-electron chi connectivity index (χ3n) is 10.4. The first-order valence-electron chi connectivity index (χ1n) is 15.5. The van der Waals surface area contributed by atoms with E-state index in [0.29, 0.717) is 62.7 Å². The zero-order valence-electron chi connectivity index (χ0n) is 26.9. The van der Waals surface area contributed by atoms with Gasteiger partial charge in [0.15, 0.2) is 0 Å². The molecule has 0 unspecified atom stereocenters. The standard InChI is InChI=1S/C33H52O8.Na/c1-8-25(24-17-33(10-3,40-18-24)26-15-16-32(39,9-2)22(7)41-26)30(36)21(6)28(34)19(4)11-13-23-14-12-20(5)29(35)27(23)31(37)38;/h12,14,19,21-22,24-26,28,34-35,39H,8-11,13,15-18H2,1-7H3,(H,37,38);/q;+1/p-1/t19-,21+,22+,24-,25-,26-,28+,32-,33+;/m1./s1. The van der Waals surface area contributed by atoms with Crippen molar-refractivity contribution in [2.45, 2.75) is 129 Å². The van der Waals surface area contributed by atoms with Gasteiger partial charge in [0.25, 0.3) is 0 Å². The molecule has 9 heteroatoms. The molecule has 1 aromatic rings. The van der Waals surface area contributed by atoms with E-state index < -0.39 is 29.2 Å². The Morgan fingerprint density at radius 3 is 2.38 bits per heavy atom. The van der Waals surface area contributed by atoms with Gasteiger partial charge in [-0.05, 0) is 88.2 Å². The number of hydrogen-bond acceptors (Lipinski definition) is 8. The summed E-state index contributed by atoms with van der Waals surface area (Å²) in [7, 11) is 0. The van der Waals surface area contributed by atoms with Crippen molar-refractivity contribution < 1.29 is 69.0 Å². The summed E-state index contributed by atoms with van der Waals surface area (Å²) in [5.74, 6) is -2.80. The molecule has 232 valence electrons. The van der Waals surface area contributed by atoms with Crippen molar-refractivity contribution in [3.8, 4) is 5.75 Å². The summed E-state index contributed by atoms with van der Waals surface area (Å²) < 4.78 is 12.8. The van der Waals surface area contributed by atoms with E-state index in [2.05, 4.69) is 6.92 Å². The Kier molecular flexibility index (Phi) is 13.6. The topological polar surface area (TPSA) is 136 Å². The first kappa shape index (κ1) is 37.2. The maximum absolute atomic E-state index is 13.8. The van der Waals surface area contributed by atoms with Gasteiger partial charge in [0.1, 0.15) is 11.5 Å². The Hall–Kier alpha value is -1.00. The van der Waals surface area contributed by atoms with Crippen LogP contribution in [0.5, 0.6) is 5.75 Å². The average molecular weight is 599 g/mol. The SMILES string of the molecule is CC[C@@H](C(=O)[C@@H](C)[C@@H](O)[C@H](C)CCc1ccc(C)c(O)c1C(=O)[O-])[C@H]1CO[C@](CC)([C@H]2CC[C@](O)(CC)[C@H](C)O2)C1.[Na+]. The number of aliphatic hydroxyl groups is 2. The summed E-state index contributed by atoms with van der Waals surface area (Å²) in [4.78, 5) is 25.4. The van der Waals surface area contributed by atoms with Crippen LogP contribution in [0.15, 0.2) is 12.1 Å². The number of carbonyl (C=O) groups is 2. The van der Waals surface area contributed by atoms with Gasteiger partial charge < -0.3 is 34.7 Å². The molecule has 2 saturated heterocycles. The summed E-state index contributed by atoms with van der Waals surface area (Å²) >= 11 is 0. The van der Waals surface area contributed by atoms with Gasteiger partial charge in [-0.15, -0.1) is 0 Å². The molecule has 2 heterocycles. The molecule has 1 aromatic carbocycles. The molecule has 2 aliphatic rings. The van der Waals surface area contributed by atoms with E-state index in [4.69, 9.17) is 9.47 Å². The molecule has 0 aliphatic carbocycles. The normalized spacial score (nSPS) is 30.6. The second-order valence-corrected chi connectivity index (χ2v) is 12.7. The van der Waals surface area contributed by atoms with E-state index in [1.165, 1.54) is 0 Å². The second-order valence-electron chi connectivity index (χ2n) is 12.7. The number of benzene rings is 1. The number of ether oxygens (including phenoxy) is 2. The van der Waals surface area contributed by atoms with Crippen LogP contribution in [-0.4, -0.2) is 63.2 Å². The number of carboxylic acids is 1. The molecule has 0 radical (unpaired) electrons. The minimum Gasteiger partial charge on any atom is -0.545 e. The molecule has 2 fully saturated rings. The van der Waals surface area contributed by atoms with E-state index in [9.17, 15) is 30.0 Å². The number of aryl methyl sites for hydroxylation is 2. The van der Waals surface area contributed by atoms with Crippen LogP contribution in [0.3, 0.4) is 0 Å². The molecule has 3 rings (SSSR count). The number of aromatic hydroxyl groups is 1. The number of aliphatic hydroxyl groups excluding tert-OH is 1. The zero-order chi connectivity index (χ0) is 30.7. The fourth-order valence-corrected chi connectivity index (χ4v) is 7.16. The van der Waals surface area contributed by atoms with E-state index in [1.807, 2.05) is 27.7 Å². The monoisotopic (exact) mass is 598 g/mol. The molecular weight excluding hydrogens is 547 g/mol.